The second kappa shape index (κ2) is 4.86. The van der Waals surface area contributed by atoms with Crippen molar-refractivity contribution in [2.24, 2.45) is 7.05 Å². The normalized spacial score (nSPS) is 22.7. The minimum atomic E-state index is 0.160. The molecule has 5 heteroatoms. The Morgan fingerprint density at radius 3 is 2.47 bits per heavy atom. The average molecular weight is 329 g/mol. The van der Waals surface area contributed by atoms with Gasteiger partial charge in [-0.1, -0.05) is 0 Å². The highest BCUT2D eigenvalue weighted by Crippen LogP contribution is 2.28. The Kier molecular flexibility index (Phi) is 3.84. The predicted octanol–water partition coefficient (Wildman–Crippen LogP) is 2.45. The summed E-state index contributed by atoms with van der Waals surface area (Å²) in [6.45, 7) is 14.1. The Morgan fingerprint density at radius 2 is 1.95 bits per heavy atom. The molecule has 1 aromatic heterocycles. The first kappa shape index (κ1) is 15.0. The van der Waals surface area contributed by atoms with E-state index in [4.69, 9.17) is 0 Å². The number of aryl methyl sites for hydroxylation is 2. The van der Waals surface area contributed by atoms with Gasteiger partial charge in [-0.15, -0.1) is 0 Å². The summed E-state index contributed by atoms with van der Waals surface area (Å²) in [5.74, 6) is 0. The molecule has 1 aliphatic rings. The van der Waals surface area contributed by atoms with Gasteiger partial charge in [0.2, 0.25) is 0 Å². The average Bonchev–Trinajstić information content (AvgIpc) is 2.51. The maximum absolute atomic E-state index is 4.49. The molecule has 2 rings (SSSR count). The van der Waals surface area contributed by atoms with E-state index in [1.165, 1.54) is 5.69 Å². The van der Waals surface area contributed by atoms with E-state index in [9.17, 15) is 0 Å². The molecule has 0 radical (unpaired) electrons. The lowest BCUT2D eigenvalue weighted by atomic mass is 9.91. The van der Waals surface area contributed by atoms with E-state index in [1.54, 1.807) is 0 Å². The number of rotatable bonds is 2. The SMILES string of the molecule is Cc1nn(C)c(CN2CC(C)(C)NCC2(C)C)c1Br. The van der Waals surface area contributed by atoms with Crippen LogP contribution in [0.4, 0.5) is 0 Å². The van der Waals surface area contributed by atoms with Crippen molar-refractivity contribution in [2.75, 3.05) is 13.1 Å². The number of halogens is 1. The van der Waals surface area contributed by atoms with Gasteiger partial charge in [-0.05, 0) is 50.5 Å². The van der Waals surface area contributed by atoms with Crippen LogP contribution in [-0.4, -0.2) is 38.8 Å². The fourth-order valence-corrected chi connectivity index (χ4v) is 3.08. The largest absolute Gasteiger partial charge is 0.309 e. The van der Waals surface area contributed by atoms with Gasteiger partial charge in [0.25, 0.3) is 0 Å². The standard InChI is InChI=1S/C14H25BrN4/c1-10-12(15)11(18(6)17-10)7-19-9-13(2,3)16-8-14(19,4)5/h16H,7-9H2,1-6H3. The van der Waals surface area contributed by atoms with Crippen LogP contribution in [0.15, 0.2) is 4.47 Å². The van der Waals surface area contributed by atoms with E-state index in [1.807, 2.05) is 18.7 Å². The molecule has 0 bridgehead atoms. The summed E-state index contributed by atoms with van der Waals surface area (Å²) in [7, 11) is 2.02. The maximum Gasteiger partial charge on any atom is 0.0739 e. The van der Waals surface area contributed by atoms with Crippen LogP contribution >= 0.6 is 15.9 Å². The van der Waals surface area contributed by atoms with Crippen LogP contribution < -0.4 is 5.32 Å². The van der Waals surface area contributed by atoms with Crippen LogP contribution in [0.3, 0.4) is 0 Å². The Labute approximate surface area is 124 Å². The maximum atomic E-state index is 4.49. The van der Waals surface area contributed by atoms with Gasteiger partial charge in [0.05, 0.1) is 15.9 Å². The van der Waals surface area contributed by atoms with E-state index in [-0.39, 0.29) is 11.1 Å². The second-order valence-corrected chi connectivity index (χ2v) is 7.67. The molecule has 0 aromatic carbocycles. The van der Waals surface area contributed by atoms with Crippen molar-refractivity contribution in [3.63, 3.8) is 0 Å². The number of piperazine rings is 1. The molecule has 2 heterocycles. The Bertz CT molecular complexity index is 476. The van der Waals surface area contributed by atoms with Crippen molar-refractivity contribution < 1.29 is 0 Å². The number of nitrogens with zero attached hydrogens (tertiary/aromatic N) is 3. The molecule has 0 amide bonds. The van der Waals surface area contributed by atoms with Crippen LogP contribution in [0.25, 0.3) is 0 Å². The minimum Gasteiger partial charge on any atom is -0.309 e. The summed E-state index contributed by atoms with van der Waals surface area (Å²) in [5, 5.41) is 8.11. The zero-order valence-corrected chi connectivity index (χ0v) is 14.4. The molecular formula is C14H25BrN4. The molecule has 4 nitrogen and oxygen atoms in total. The van der Waals surface area contributed by atoms with Gasteiger partial charge >= 0.3 is 0 Å². The highest BCUT2D eigenvalue weighted by Gasteiger charge is 2.38. The molecule has 1 aromatic rings. The lowest BCUT2D eigenvalue weighted by molar-refractivity contribution is 0.0303. The molecule has 0 spiro atoms. The minimum absolute atomic E-state index is 0.160. The van der Waals surface area contributed by atoms with Gasteiger partial charge in [0, 0.05) is 37.8 Å². The summed E-state index contributed by atoms with van der Waals surface area (Å²) in [6.07, 6.45) is 0. The Balaban J connectivity index is 2.25. The molecule has 0 aliphatic carbocycles. The number of nitrogens with one attached hydrogen (secondary N) is 1. The molecule has 19 heavy (non-hydrogen) atoms. The van der Waals surface area contributed by atoms with Crippen LogP contribution in [0.1, 0.15) is 39.1 Å². The summed E-state index contributed by atoms with van der Waals surface area (Å²) in [4.78, 5) is 2.55. The smallest absolute Gasteiger partial charge is 0.0739 e. The van der Waals surface area contributed by atoms with Gasteiger partial charge in [0.15, 0.2) is 0 Å². The van der Waals surface area contributed by atoms with Gasteiger partial charge in [0.1, 0.15) is 0 Å². The van der Waals surface area contributed by atoms with Crippen LogP contribution in [0, 0.1) is 6.92 Å². The molecular weight excluding hydrogens is 304 g/mol. The van der Waals surface area contributed by atoms with Crippen LogP contribution in [0.5, 0.6) is 0 Å². The quantitative estimate of drug-likeness (QED) is 0.905. The molecule has 1 aliphatic heterocycles. The number of hydrogen-bond donors (Lipinski definition) is 1. The third-order valence-electron chi connectivity index (χ3n) is 4.04. The van der Waals surface area contributed by atoms with Gasteiger partial charge < -0.3 is 5.32 Å². The Hall–Kier alpha value is -0.390. The highest BCUT2D eigenvalue weighted by atomic mass is 79.9. The third kappa shape index (κ3) is 3.03. The molecule has 0 unspecified atom stereocenters. The van der Waals surface area contributed by atoms with E-state index in [0.29, 0.717) is 0 Å². The topological polar surface area (TPSA) is 33.1 Å². The first-order valence-corrected chi connectivity index (χ1v) is 7.60. The molecule has 0 atom stereocenters. The number of hydrogen-bond acceptors (Lipinski definition) is 3. The van der Waals surface area contributed by atoms with Crippen LogP contribution in [0.2, 0.25) is 0 Å². The van der Waals surface area contributed by atoms with E-state index >= 15 is 0 Å². The lowest BCUT2D eigenvalue weighted by Gasteiger charge is -2.49. The van der Waals surface area contributed by atoms with Crippen molar-refractivity contribution in [3.05, 3.63) is 15.9 Å². The molecule has 1 N–H and O–H groups in total. The van der Waals surface area contributed by atoms with E-state index < -0.39 is 0 Å². The molecule has 108 valence electrons. The first-order valence-electron chi connectivity index (χ1n) is 6.80. The van der Waals surface area contributed by atoms with Crippen molar-refractivity contribution in [3.8, 4) is 0 Å². The predicted molar refractivity (Wildman–Crippen MR) is 82.2 cm³/mol. The van der Waals surface area contributed by atoms with E-state index in [2.05, 4.69) is 58.9 Å². The summed E-state index contributed by atoms with van der Waals surface area (Å²) in [5.41, 5.74) is 2.64. The van der Waals surface area contributed by atoms with E-state index in [0.717, 1.165) is 29.8 Å². The lowest BCUT2D eigenvalue weighted by Crippen LogP contribution is -2.65. The zero-order valence-electron chi connectivity index (χ0n) is 12.8. The van der Waals surface area contributed by atoms with Gasteiger partial charge in [-0.3, -0.25) is 9.58 Å². The molecule has 0 saturated carbocycles. The Morgan fingerprint density at radius 1 is 1.32 bits per heavy atom. The summed E-state index contributed by atoms with van der Waals surface area (Å²) >= 11 is 3.67. The fourth-order valence-electron chi connectivity index (χ4n) is 2.62. The van der Waals surface area contributed by atoms with Gasteiger partial charge in [-0.2, -0.15) is 5.10 Å². The summed E-state index contributed by atoms with van der Waals surface area (Å²) in [6, 6.07) is 0. The van der Waals surface area contributed by atoms with Gasteiger partial charge in [-0.25, -0.2) is 0 Å². The van der Waals surface area contributed by atoms with Crippen molar-refractivity contribution >= 4 is 15.9 Å². The van der Waals surface area contributed by atoms with Crippen molar-refractivity contribution in [1.82, 2.24) is 20.0 Å². The second-order valence-electron chi connectivity index (χ2n) is 6.88. The third-order valence-corrected chi connectivity index (χ3v) is 5.08. The van der Waals surface area contributed by atoms with Crippen molar-refractivity contribution in [1.29, 1.82) is 0 Å². The number of aromatic nitrogens is 2. The monoisotopic (exact) mass is 328 g/mol. The molecule has 1 fully saturated rings. The fraction of sp³-hybridized carbons (Fsp3) is 0.786. The van der Waals surface area contributed by atoms with Crippen LogP contribution in [-0.2, 0) is 13.6 Å². The zero-order chi connectivity index (χ0) is 14.4. The highest BCUT2D eigenvalue weighted by molar-refractivity contribution is 9.10. The first-order chi connectivity index (χ1) is 8.62. The molecule has 1 saturated heterocycles. The summed E-state index contributed by atoms with van der Waals surface area (Å²) < 4.78 is 3.13. The van der Waals surface area contributed by atoms with Crippen molar-refractivity contribution in [2.45, 2.75) is 52.2 Å².